The van der Waals surface area contributed by atoms with E-state index in [-0.39, 0.29) is 5.41 Å². The smallest absolute Gasteiger partial charge is 0.139 e. The third-order valence-electron chi connectivity index (χ3n) is 7.87. The van der Waals surface area contributed by atoms with E-state index in [2.05, 4.69) is 26.0 Å². The molecular formula is C19H28O. The third-order valence-corrected chi connectivity index (χ3v) is 7.87. The van der Waals surface area contributed by atoms with Crippen molar-refractivity contribution in [3.8, 4) is 0 Å². The summed E-state index contributed by atoms with van der Waals surface area (Å²) < 4.78 is 0. The monoisotopic (exact) mass is 272 g/mol. The molecule has 110 valence electrons. The first-order valence-electron chi connectivity index (χ1n) is 8.76. The molecular weight excluding hydrogens is 244 g/mol. The topological polar surface area (TPSA) is 17.1 Å². The predicted molar refractivity (Wildman–Crippen MR) is 81.3 cm³/mol. The van der Waals surface area contributed by atoms with Crippen LogP contribution in [0.3, 0.4) is 0 Å². The molecule has 20 heavy (non-hydrogen) atoms. The van der Waals surface area contributed by atoms with Crippen molar-refractivity contribution < 1.29 is 4.79 Å². The number of hydrogen-bond acceptors (Lipinski definition) is 1. The van der Waals surface area contributed by atoms with Crippen molar-refractivity contribution in [1.82, 2.24) is 0 Å². The Kier molecular flexibility index (Phi) is 2.76. The standard InChI is InChI=1S/C19H28O/c1-18-11-4-3-5-13(18)6-7-14-15-8-9-17(20)19(15,2)12-10-16(14)18/h3,5,13-16H,4,6-12H2,1-2H3/t13?,14-,15?,16?,18-,19-/m1/s1. The summed E-state index contributed by atoms with van der Waals surface area (Å²) in [4.78, 5) is 12.4. The lowest BCUT2D eigenvalue weighted by molar-refractivity contribution is -0.135. The lowest BCUT2D eigenvalue weighted by atomic mass is 9.46. The maximum atomic E-state index is 12.4. The van der Waals surface area contributed by atoms with Gasteiger partial charge >= 0.3 is 0 Å². The first-order valence-corrected chi connectivity index (χ1v) is 8.76. The molecule has 4 aliphatic rings. The average Bonchev–Trinajstić information content (AvgIpc) is 2.74. The van der Waals surface area contributed by atoms with Gasteiger partial charge in [-0.1, -0.05) is 26.0 Å². The van der Waals surface area contributed by atoms with E-state index in [9.17, 15) is 4.79 Å². The molecule has 3 saturated carbocycles. The van der Waals surface area contributed by atoms with Crippen molar-refractivity contribution in [2.24, 2.45) is 34.5 Å². The number of carbonyl (C=O) groups excluding carboxylic acids is 1. The Balaban J connectivity index is 1.68. The maximum absolute atomic E-state index is 12.4. The van der Waals surface area contributed by atoms with E-state index in [4.69, 9.17) is 0 Å². The van der Waals surface area contributed by atoms with Gasteiger partial charge in [0.25, 0.3) is 0 Å². The van der Waals surface area contributed by atoms with Crippen LogP contribution in [0.2, 0.25) is 0 Å². The third kappa shape index (κ3) is 1.53. The molecule has 0 aromatic carbocycles. The fraction of sp³-hybridized carbons (Fsp3) is 0.842. The molecule has 0 aromatic rings. The number of ketones is 1. The summed E-state index contributed by atoms with van der Waals surface area (Å²) in [5.41, 5.74) is 0.583. The summed E-state index contributed by atoms with van der Waals surface area (Å²) >= 11 is 0. The van der Waals surface area contributed by atoms with Crippen LogP contribution in [0.15, 0.2) is 12.2 Å². The van der Waals surface area contributed by atoms with E-state index in [1.165, 1.54) is 44.9 Å². The van der Waals surface area contributed by atoms with E-state index in [0.29, 0.717) is 17.1 Å². The molecule has 0 aromatic heterocycles. The Morgan fingerprint density at radius 2 is 1.90 bits per heavy atom. The van der Waals surface area contributed by atoms with Crippen LogP contribution in [0.4, 0.5) is 0 Å². The van der Waals surface area contributed by atoms with E-state index in [0.717, 1.165) is 24.2 Å². The number of carbonyl (C=O) groups is 1. The number of fused-ring (bicyclic) bond motifs is 5. The average molecular weight is 272 g/mol. The minimum absolute atomic E-state index is 0.0505. The summed E-state index contributed by atoms with van der Waals surface area (Å²) in [6.07, 6.45) is 14.9. The SMILES string of the molecule is C[C@@]12CCC=CC1CC[C@H]1C2CC[C@@]2(C)C(=O)CCC12. The zero-order valence-electron chi connectivity index (χ0n) is 13.0. The normalized spacial score (nSPS) is 54.2. The van der Waals surface area contributed by atoms with Crippen molar-refractivity contribution in [2.75, 3.05) is 0 Å². The zero-order valence-corrected chi connectivity index (χ0v) is 13.0. The van der Waals surface area contributed by atoms with Crippen LogP contribution in [0.5, 0.6) is 0 Å². The van der Waals surface area contributed by atoms with Gasteiger partial charge in [-0.2, -0.15) is 0 Å². The Bertz CT molecular complexity index is 464. The van der Waals surface area contributed by atoms with Crippen LogP contribution in [0.1, 0.15) is 65.2 Å². The Labute approximate surface area is 123 Å². The second kappa shape index (κ2) is 4.21. The fourth-order valence-electron chi connectivity index (χ4n) is 6.60. The molecule has 1 nitrogen and oxygen atoms in total. The molecule has 0 heterocycles. The van der Waals surface area contributed by atoms with Gasteiger partial charge in [0.15, 0.2) is 0 Å². The van der Waals surface area contributed by atoms with Crippen LogP contribution in [-0.4, -0.2) is 5.78 Å². The molecule has 0 bridgehead atoms. The maximum Gasteiger partial charge on any atom is 0.139 e. The quantitative estimate of drug-likeness (QED) is 0.581. The van der Waals surface area contributed by atoms with Crippen molar-refractivity contribution >= 4 is 5.78 Å². The van der Waals surface area contributed by atoms with E-state index in [1.54, 1.807) is 0 Å². The second-order valence-corrected chi connectivity index (χ2v) is 8.45. The molecule has 4 rings (SSSR count). The van der Waals surface area contributed by atoms with Gasteiger partial charge in [-0.3, -0.25) is 4.79 Å². The molecule has 4 aliphatic carbocycles. The highest BCUT2D eigenvalue weighted by atomic mass is 16.1. The number of Topliss-reactive ketones (excluding diaryl/α,β-unsaturated/α-hetero) is 1. The molecule has 0 N–H and O–H groups in total. The van der Waals surface area contributed by atoms with Gasteiger partial charge in [-0.05, 0) is 74.0 Å². The first-order chi connectivity index (χ1) is 9.56. The second-order valence-electron chi connectivity index (χ2n) is 8.45. The van der Waals surface area contributed by atoms with Crippen molar-refractivity contribution in [1.29, 1.82) is 0 Å². The first kappa shape index (κ1) is 13.1. The molecule has 6 atom stereocenters. The number of allylic oxidation sites excluding steroid dienone is 2. The summed E-state index contributed by atoms with van der Waals surface area (Å²) in [6, 6.07) is 0. The van der Waals surface area contributed by atoms with Gasteiger partial charge in [0, 0.05) is 11.8 Å². The van der Waals surface area contributed by atoms with Crippen LogP contribution in [0, 0.1) is 34.5 Å². The van der Waals surface area contributed by atoms with Crippen LogP contribution < -0.4 is 0 Å². The molecule has 0 amide bonds. The van der Waals surface area contributed by atoms with E-state index in [1.807, 2.05) is 0 Å². The highest BCUT2D eigenvalue weighted by Crippen LogP contribution is 2.64. The molecule has 0 aliphatic heterocycles. The zero-order chi connectivity index (χ0) is 14.0. The molecule has 0 saturated heterocycles. The molecule has 3 unspecified atom stereocenters. The van der Waals surface area contributed by atoms with Gasteiger partial charge in [-0.25, -0.2) is 0 Å². The van der Waals surface area contributed by atoms with Gasteiger partial charge in [-0.15, -0.1) is 0 Å². The Hall–Kier alpha value is -0.590. The predicted octanol–water partition coefficient (Wildman–Crippen LogP) is 4.76. The van der Waals surface area contributed by atoms with Crippen molar-refractivity contribution in [3.05, 3.63) is 12.2 Å². The molecule has 3 fully saturated rings. The van der Waals surface area contributed by atoms with Gasteiger partial charge in [0.2, 0.25) is 0 Å². The van der Waals surface area contributed by atoms with Crippen LogP contribution >= 0.6 is 0 Å². The summed E-state index contributed by atoms with van der Waals surface area (Å²) in [5.74, 6) is 3.83. The summed E-state index contributed by atoms with van der Waals surface area (Å²) in [7, 11) is 0. The van der Waals surface area contributed by atoms with Gasteiger partial charge < -0.3 is 0 Å². The Morgan fingerprint density at radius 1 is 1.05 bits per heavy atom. The summed E-state index contributed by atoms with van der Waals surface area (Å²) in [6.45, 7) is 4.86. The Morgan fingerprint density at radius 3 is 2.75 bits per heavy atom. The van der Waals surface area contributed by atoms with Crippen molar-refractivity contribution in [3.63, 3.8) is 0 Å². The van der Waals surface area contributed by atoms with Gasteiger partial charge in [0.1, 0.15) is 5.78 Å². The molecule has 1 heteroatoms. The lowest BCUT2D eigenvalue weighted by Gasteiger charge is -2.58. The van der Waals surface area contributed by atoms with Crippen LogP contribution in [-0.2, 0) is 4.79 Å². The lowest BCUT2D eigenvalue weighted by Crippen LogP contribution is -2.52. The largest absolute Gasteiger partial charge is 0.299 e. The summed E-state index contributed by atoms with van der Waals surface area (Å²) in [5, 5.41) is 0. The minimum atomic E-state index is 0.0505. The minimum Gasteiger partial charge on any atom is -0.299 e. The number of hydrogen-bond donors (Lipinski definition) is 0. The fourth-order valence-corrected chi connectivity index (χ4v) is 6.60. The number of rotatable bonds is 0. The van der Waals surface area contributed by atoms with Gasteiger partial charge in [0.05, 0.1) is 0 Å². The highest BCUT2D eigenvalue weighted by molar-refractivity contribution is 5.87. The van der Waals surface area contributed by atoms with E-state index >= 15 is 0 Å². The molecule has 0 spiro atoms. The highest BCUT2D eigenvalue weighted by Gasteiger charge is 2.59. The molecule has 0 radical (unpaired) electrons. The van der Waals surface area contributed by atoms with Crippen molar-refractivity contribution in [2.45, 2.75) is 65.2 Å². The van der Waals surface area contributed by atoms with Crippen LogP contribution in [0.25, 0.3) is 0 Å². The van der Waals surface area contributed by atoms with E-state index < -0.39 is 0 Å².